The molecule has 0 radical (unpaired) electrons. The minimum atomic E-state index is -3.39. The van der Waals surface area contributed by atoms with Gasteiger partial charge in [-0.25, -0.2) is 4.72 Å². The van der Waals surface area contributed by atoms with Gasteiger partial charge in [0.1, 0.15) is 0 Å². The molecule has 0 aromatic carbocycles. The fourth-order valence-electron chi connectivity index (χ4n) is 5.22. The molecule has 6 nitrogen and oxygen atoms in total. The third kappa shape index (κ3) is 3.74. The molecule has 26 heavy (non-hydrogen) atoms. The molecule has 0 aromatic rings. The molecule has 0 saturated carbocycles. The van der Waals surface area contributed by atoms with Crippen molar-refractivity contribution in [2.45, 2.75) is 51.7 Å². The number of allylic oxidation sites excluding steroid dienone is 1. The summed E-state index contributed by atoms with van der Waals surface area (Å²) >= 11 is 0. The average Bonchev–Trinajstić information content (AvgIpc) is 3.18. The van der Waals surface area contributed by atoms with Crippen molar-refractivity contribution in [3.05, 3.63) is 12.7 Å². The summed E-state index contributed by atoms with van der Waals surface area (Å²) in [5.74, 6) is 0.701. The average molecular weight is 386 g/mol. The van der Waals surface area contributed by atoms with E-state index in [9.17, 15) is 8.42 Å². The van der Waals surface area contributed by atoms with Crippen LogP contribution in [0.5, 0.6) is 0 Å². The van der Waals surface area contributed by atoms with E-state index in [1.54, 1.807) is 7.05 Å². The predicted molar refractivity (Wildman–Crippen MR) is 104 cm³/mol. The standard InChI is InChI=1S/C19H35N3O3S/c1-6-9-18(3,4)13-22-12-16-15(11-20-26(23,24)21(5)7-2)17-8-10-19(16,14-22)25-17/h6,15-17,20H,1,7-14H2,2-5H3/t15-,16+,17+,19+/m0/s1. The van der Waals surface area contributed by atoms with E-state index in [1.807, 2.05) is 13.0 Å². The van der Waals surface area contributed by atoms with Crippen molar-refractivity contribution in [2.75, 3.05) is 39.8 Å². The first-order valence-electron chi connectivity index (χ1n) is 9.84. The first kappa shape index (κ1) is 20.3. The van der Waals surface area contributed by atoms with Crippen molar-refractivity contribution in [1.82, 2.24) is 13.9 Å². The molecule has 3 saturated heterocycles. The lowest BCUT2D eigenvalue weighted by molar-refractivity contribution is 0.000142. The molecular weight excluding hydrogens is 350 g/mol. The fraction of sp³-hybridized carbons (Fsp3) is 0.895. The second kappa shape index (κ2) is 7.17. The fourth-order valence-corrected chi connectivity index (χ4v) is 6.19. The molecule has 150 valence electrons. The molecule has 3 aliphatic rings. The van der Waals surface area contributed by atoms with Crippen LogP contribution in [0.2, 0.25) is 0 Å². The van der Waals surface area contributed by atoms with Gasteiger partial charge >= 0.3 is 0 Å². The van der Waals surface area contributed by atoms with Crippen LogP contribution in [-0.2, 0) is 14.9 Å². The summed E-state index contributed by atoms with van der Waals surface area (Å²) in [6, 6.07) is 0. The number of hydrogen-bond donors (Lipinski definition) is 1. The molecule has 2 bridgehead atoms. The number of nitrogens with zero attached hydrogens (tertiary/aromatic N) is 2. The number of fused-ring (bicyclic) bond motifs is 1. The zero-order valence-corrected chi connectivity index (χ0v) is 17.5. The number of rotatable bonds is 9. The van der Waals surface area contributed by atoms with Gasteiger partial charge in [0.15, 0.2) is 0 Å². The van der Waals surface area contributed by atoms with E-state index in [-0.39, 0.29) is 23.0 Å². The van der Waals surface area contributed by atoms with Crippen LogP contribution in [0.3, 0.4) is 0 Å². The molecule has 1 spiro atoms. The van der Waals surface area contributed by atoms with Gasteiger partial charge in [-0.3, -0.25) is 4.90 Å². The van der Waals surface area contributed by atoms with Crippen LogP contribution in [0.4, 0.5) is 0 Å². The summed E-state index contributed by atoms with van der Waals surface area (Å²) in [4.78, 5) is 2.52. The van der Waals surface area contributed by atoms with Gasteiger partial charge in [0.25, 0.3) is 10.2 Å². The van der Waals surface area contributed by atoms with Crippen molar-refractivity contribution in [1.29, 1.82) is 0 Å². The largest absolute Gasteiger partial charge is 0.370 e. The van der Waals surface area contributed by atoms with Gasteiger partial charge in [0.2, 0.25) is 0 Å². The van der Waals surface area contributed by atoms with Crippen molar-refractivity contribution in [3.8, 4) is 0 Å². The minimum Gasteiger partial charge on any atom is -0.370 e. The summed E-state index contributed by atoms with van der Waals surface area (Å²) in [5.41, 5.74) is 0.150. The molecule has 0 aromatic heterocycles. The number of hydrogen-bond acceptors (Lipinski definition) is 4. The van der Waals surface area contributed by atoms with E-state index in [4.69, 9.17) is 4.74 Å². The molecule has 0 amide bonds. The lowest BCUT2D eigenvalue weighted by Crippen LogP contribution is -2.45. The highest BCUT2D eigenvalue weighted by Crippen LogP contribution is 2.55. The smallest absolute Gasteiger partial charge is 0.279 e. The first-order chi connectivity index (χ1) is 12.1. The lowest BCUT2D eigenvalue weighted by Gasteiger charge is -2.30. The van der Waals surface area contributed by atoms with E-state index in [1.165, 1.54) is 4.31 Å². The Bertz CT molecular complexity index is 636. The quantitative estimate of drug-likeness (QED) is 0.616. The van der Waals surface area contributed by atoms with Crippen LogP contribution < -0.4 is 4.72 Å². The molecule has 1 N–H and O–H groups in total. The highest BCUT2D eigenvalue weighted by atomic mass is 32.2. The number of ether oxygens (including phenoxy) is 1. The SMILES string of the molecule is C=CCC(C)(C)CN1C[C@@H]2[C@H](CNS(=O)(=O)N(C)CC)[C@H]3CC[C@]2(C1)O3. The van der Waals surface area contributed by atoms with Gasteiger partial charge in [-0.15, -0.1) is 6.58 Å². The second-order valence-corrected chi connectivity index (χ2v) is 11.0. The summed E-state index contributed by atoms with van der Waals surface area (Å²) in [7, 11) is -1.78. The highest BCUT2D eigenvalue weighted by Gasteiger charge is 2.62. The van der Waals surface area contributed by atoms with Crippen molar-refractivity contribution < 1.29 is 13.2 Å². The third-order valence-electron chi connectivity index (χ3n) is 6.56. The van der Waals surface area contributed by atoms with Gasteiger partial charge in [-0.05, 0) is 24.7 Å². The van der Waals surface area contributed by atoms with E-state index in [0.29, 0.717) is 19.0 Å². The first-order valence-corrected chi connectivity index (χ1v) is 11.3. The summed E-state index contributed by atoms with van der Waals surface area (Å²) in [6.45, 7) is 14.3. The Kier molecular flexibility index (Phi) is 5.59. The second-order valence-electron chi connectivity index (χ2n) is 9.12. The van der Waals surface area contributed by atoms with Crippen molar-refractivity contribution in [3.63, 3.8) is 0 Å². The third-order valence-corrected chi connectivity index (χ3v) is 8.17. The van der Waals surface area contributed by atoms with E-state index >= 15 is 0 Å². The molecule has 0 unspecified atom stereocenters. The van der Waals surface area contributed by atoms with E-state index in [2.05, 4.69) is 30.0 Å². The van der Waals surface area contributed by atoms with Crippen LogP contribution in [0, 0.1) is 17.3 Å². The Balaban J connectivity index is 1.65. The predicted octanol–water partition coefficient (Wildman–Crippen LogP) is 1.85. The maximum absolute atomic E-state index is 12.3. The minimum absolute atomic E-state index is 0.0539. The Morgan fingerprint density at radius 3 is 2.85 bits per heavy atom. The Labute approximate surface area is 159 Å². The Morgan fingerprint density at radius 2 is 2.19 bits per heavy atom. The van der Waals surface area contributed by atoms with Crippen molar-refractivity contribution in [2.24, 2.45) is 17.3 Å². The monoisotopic (exact) mass is 385 g/mol. The lowest BCUT2D eigenvalue weighted by atomic mass is 9.74. The number of nitrogens with one attached hydrogen (secondary N) is 1. The van der Waals surface area contributed by atoms with Gasteiger partial charge in [-0.1, -0.05) is 26.8 Å². The Morgan fingerprint density at radius 1 is 1.46 bits per heavy atom. The van der Waals surface area contributed by atoms with Crippen LogP contribution in [-0.4, -0.2) is 69.1 Å². The van der Waals surface area contributed by atoms with Crippen molar-refractivity contribution >= 4 is 10.2 Å². The summed E-state index contributed by atoms with van der Waals surface area (Å²) in [6.07, 6.45) is 5.36. The topological polar surface area (TPSA) is 61.9 Å². The van der Waals surface area contributed by atoms with Gasteiger partial charge in [-0.2, -0.15) is 12.7 Å². The van der Waals surface area contributed by atoms with Crippen LogP contribution in [0.1, 0.15) is 40.0 Å². The molecule has 3 fully saturated rings. The normalized spacial score (nSPS) is 34.6. The Hall–Kier alpha value is -0.470. The molecule has 0 aliphatic carbocycles. The van der Waals surface area contributed by atoms with Gasteiger partial charge < -0.3 is 4.74 Å². The summed E-state index contributed by atoms with van der Waals surface area (Å²) < 4.78 is 35.2. The van der Waals surface area contributed by atoms with E-state index in [0.717, 1.165) is 38.9 Å². The summed E-state index contributed by atoms with van der Waals surface area (Å²) in [5, 5.41) is 0. The van der Waals surface area contributed by atoms with Crippen LogP contribution >= 0.6 is 0 Å². The highest BCUT2D eigenvalue weighted by molar-refractivity contribution is 7.87. The molecule has 3 rings (SSSR count). The van der Waals surface area contributed by atoms with Crippen LogP contribution in [0.25, 0.3) is 0 Å². The molecule has 7 heteroatoms. The zero-order chi connectivity index (χ0) is 19.2. The molecule has 4 atom stereocenters. The zero-order valence-electron chi connectivity index (χ0n) is 16.7. The van der Waals surface area contributed by atoms with E-state index < -0.39 is 10.2 Å². The van der Waals surface area contributed by atoms with Crippen LogP contribution in [0.15, 0.2) is 12.7 Å². The molecule has 3 aliphatic heterocycles. The molecule has 3 heterocycles. The van der Waals surface area contributed by atoms with Gasteiger partial charge in [0.05, 0.1) is 11.7 Å². The molecular formula is C19H35N3O3S. The van der Waals surface area contributed by atoms with Gasteiger partial charge in [0, 0.05) is 51.6 Å². The maximum atomic E-state index is 12.3. The maximum Gasteiger partial charge on any atom is 0.279 e. The number of likely N-dealkylation sites (tertiary alicyclic amines) is 1.